The highest BCUT2D eigenvalue weighted by Gasteiger charge is 2.35. The number of rotatable bonds is 8. The van der Waals surface area contributed by atoms with E-state index < -0.39 is 84.0 Å². The third kappa shape index (κ3) is 9.83. The van der Waals surface area contributed by atoms with Crippen LogP contribution in [0, 0.1) is 0 Å². The molecule has 0 saturated carbocycles. The number of primary amides is 1. The van der Waals surface area contributed by atoms with Crippen LogP contribution in [-0.4, -0.2) is 113 Å². The van der Waals surface area contributed by atoms with E-state index in [0.29, 0.717) is 5.75 Å². The first-order chi connectivity index (χ1) is 16.9. The topological polar surface area (TPSA) is 229 Å². The number of carboxylic acids is 1. The third-order valence-corrected chi connectivity index (χ3v) is 7.34. The Morgan fingerprint density at radius 2 is 1.67 bits per heavy atom. The number of aliphatic hydroxyl groups excluding tert-OH is 1. The van der Waals surface area contributed by atoms with Gasteiger partial charge in [-0.3, -0.25) is 28.8 Å². The Bertz CT molecular complexity index is 832. The van der Waals surface area contributed by atoms with Crippen LogP contribution < -0.4 is 32.3 Å². The number of aliphatic carboxylic acids is 1. The summed E-state index contributed by atoms with van der Waals surface area (Å²) in [5, 5.41) is 30.7. The molecule has 16 heteroatoms. The Kier molecular flexibility index (Phi) is 13.6. The highest BCUT2D eigenvalue weighted by atomic mass is 32.2. The first kappa shape index (κ1) is 31.5. The molecular weight excluding hydrogens is 516 g/mol. The van der Waals surface area contributed by atoms with Gasteiger partial charge in [0.25, 0.3) is 0 Å². The van der Waals surface area contributed by atoms with Crippen molar-refractivity contribution >= 4 is 59.0 Å². The van der Waals surface area contributed by atoms with Crippen molar-refractivity contribution in [2.24, 2.45) is 5.73 Å². The van der Waals surface area contributed by atoms with Crippen molar-refractivity contribution < 1.29 is 39.0 Å². The maximum Gasteiger partial charge on any atom is 0.318 e. The highest BCUT2D eigenvalue weighted by Crippen LogP contribution is 2.21. The van der Waals surface area contributed by atoms with Gasteiger partial charge in [0.1, 0.15) is 23.4 Å². The molecule has 9 N–H and O–H groups in total. The summed E-state index contributed by atoms with van der Waals surface area (Å²) in [6, 6.07) is -5.87. The first-order valence-corrected chi connectivity index (χ1v) is 13.5. The van der Waals surface area contributed by atoms with E-state index in [1.54, 1.807) is 0 Å². The van der Waals surface area contributed by atoms with Gasteiger partial charge in [-0.15, -0.1) is 11.8 Å². The van der Waals surface area contributed by atoms with Crippen LogP contribution in [0.5, 0.6) is 0 Å². The van der Waals surface area contributed by atoms with Crippen molar-refractivity contribution in [1.82, 2.24) is 26.6 Å². The predicted molar refractivity (Wildman–Crippen MR) is 134 cm³/mol. The van der Waals surface area contributed by atoms with E-state index in [9.17, 15) is 39.0 Å². The number of carbonyl (C=O) groups excluding carboxylic acids is 5. The van der Waals surface area contributed by atoms with Gasteiger partial charge in [0, 0.05) is 5.75 Å². The van der Waals surface area contributed by atoms with Crippen molar-refractivity contribution in [3.8, 4) is 0 Å². The molecule has 1 aliphatic heterocycles. The van der Waals surface area contributed by atoms with Gasteiger partial charge in [0.15, 0.2) is 0 Å². The Morgan fingerprint density at radius 1 is 1.06 bits per heavy atom. The molecule has 3 unspecified atom stereocenters. The Hall–Kier alpha value is -2.56. The van der Waals surface area contributed by atoms with E-state index >= 15 is 0 Å². The van der Waals surface area contributed by atoms with Gasteiger partial charge in [0.05, 0.1) is 25.1 Å². The number of hydrogen-bond acceptors (Lipinski definition) is 10. The molecule has 0 radical (unpaired) electrons. The lowest BCUT2D eigenvalue weighted by atomic mass is 10.1. The van der Waals surface area contributed by atoms with Crippen LogP contribution in [0.15, 0.2) is 0 Å². The monoisotopic (exact) mass is 550 g/mol. The van der Waals surface area contributed by atoms with E-state index in [1.807, 2.05) is 6.26 Å². The van der Waals surface area contributed by atoms with Crippen LogP contribution in [0.3, 0.4) is 0 Å². The molecule has 1 saturated heterocycles. The van der Waals surface area contributed by atoms with Gasteiger partial charge in [-0.05, 0) is 32.4 Å². The number of nitrogens with two attached hydrogens (primary N) is 1. The Morgan fingerprint density at radius 3 is 2.19 bits per heavy atom. The number of carboxylic acid groups (broad SMARTS) is 1. The molecule has 0 spiro atoms. The molecule has 0 aliphatic carbocycles. The quantitative estimate of drug-likeness (QED) is 0.147. The fourth-order valence-electron chi connectivity index (χ4n) is 3.23. The molecule has 5 amide bonds. The molecule has 36 heavy (non-hydrogen) atoms. The van der Waals surface area contributed by atoms with Crippen LogP contribution in [-0.2, 0) is 28.8 Å². The van der Waals surface area contributed by atoms with Crippen LogP contribution in [0.2, 0.25) is 0 Å². The summed E-state index contributed by atoms with van der Waals surface area (Å²) in [4.78, 5) is 74.6. The van der Waals surface area contributed by atoms with E-state index in [0.717, 1.165) is 11.8 Å². The van der Waals surface area contributed by atoms with Crippen molar-refractivity contribution in [1.29, 1.82) is 0 Å². The highest BCUT2D eigenvalue weighted by molar-refractivity contribution is 8.00. The maximum atomic E-state index is 13.0. The molecule has 0 aromatic carbocycles. The van der Waals surface area contributed by atoms with E-state index in [2.05, 4.69) is 26.6 Å². The number of carbonyl (C=O) groups is 6. The minimum atomic E-state index is -1.42. The zero-order valence-electron chi connectivity index (χ0n) is 20.2. The average molecular weight is 551 g/mol. The van der Waals surface area contributed by atoms with Gasteiger partial charge in [-0.25, -0.2) is 0 Å². The summed E-state index contributed by atoms with van der Waals surface area (Å²) in [6.45, 7) is 0.539. The number of hydrogen-bond donors (Lipinski definition) is 8. The third-order valence-electron chi connectivity index (χ3n) is 5.28. The number of aliphatic hydroxyl groups is 1. The minimum absolute atomic E-state index is 0.0391. The number of thioether (sulfide) groups is 2. The maximum absolute atomic E-state index is 13.0. The second-order valence-electron chi connectivity index (χ2n) is 8.04. The SMILES string of the molecule is CNC1CSC(C(=O)O)[C@@H](CCSC)NC(=O)[C@H](CC(N)=O)NC(=O)[C@H](C)NC(=O)C(CO)NC1=O. The Balaban J connectivity index is 3.41. The van der Waals surface area contributed by atoms with E-state index in [-0.39, 0.29) is 12.2 Å². The zero-order chi connectivity index (χ0) is 27.4. The summed E-state index contributed by atoms with van der Waals surface area (Å²) in [5.74, 6) is -4.84. The molecule has 1 aliphatic rings. The summed E-state index contributed by atoms with van der Waals surface area (Å²) in [5.41, 5.74) is 5.24. The fraction of sp³-hybridized carbons (Fsp3) is 0.700. The summed E-state index contributed by atoms with van der Waals surface area (Å²) in [6.07, 6.45) is 1.50. The molecular formula is C20H34N6O8S2. The van der Waals surface area contributed by atoms with Crippen LogP contribution in [0.1, 0.15) is 19.8 Å². The lowest BCUT2D eigenvalue weighted by Gasteiger charge is -2.29. The second kappa shape index (κ2) is 15.5. The average Bonchev–Trinajstić information content (AvgIpc) is 2.81. The number of likely N-dealkylation sites (N-methyl/N-ethyl adjacent to an activating group) is 1. The van der Waals surface area contributed by atoms with Crippen molar-refractivity contribution in [3.05, 3.63) is 0 Å². The number of nitrogens with one attached hydrogen (secondary N) is 5. The van der Waals surface area contributed by atoms with E-state index in [4.69, 9.17) is 5.73 Å². The molecule has 1 heterocycles. The molecule has 0 aromatic rings. The predicted octanol–water partition coefficient (Wildman–Crippen LogP) is -3.65. The first-order valence-electron chi connectivity index (χ1n) is 11.1. The van der Waals surface area contributed by atoms with E-state index in [1.165, 1.54) is 25.7 Å². The van der Waals surface area contributed by atoms with Gasteiger partial charge >= 0.3 is 5.97 Å². The number of amides is 5. The molecule has 204 valence electrons. The molecule has 14 nitrogen and oxygen atoms in total. The lowest BCUT2D eigenvalue weighted by Crippen LogP contribution is -2.60. The van der Waals surface area contributed by atoms with Crippen molar-refractivity contribution in [3.63, 3.8) is 0 Å². The minimum Gasteiger partial charge on any atom is -0.480 e. The largest absolute Gasteiger partial charge is 0.480 e. The van der Waals surface area contributed by atoms with Gasteiger partial charge < -0.3 is 42.5 Å². The molecule has 1 fully saturated rings. The van der Waals surface area contributed by atoms with Crippen LogP contribution >= 0.6 is 23.5 Å². The van der Waals surface area contributed by atoms with Crippen LogP contribution in [0.25, 0.3) is 0 Å². The molecule has 0 bridgehead atoms. The van der Waals surface area contributed by atoms with Crippen LogP contribution in [0.4, 0.5) is 0 Å². The molecule has 1 rings (SSSR count). The molecule has 6 atom stereocenters. The van der Waals surface area contributed by atoms with Crippen molar-refractivity contribution in [2.45, 2.75) is 55.2 Å². The molecule has 0 aromatic heterocycles. The summed E-state index contributed by atoms with van der Waals surface area (Å²) in [7, 11) is 1.47. The van der Waals surface area contributed by atoms with Gasteiger partial charge in [0.2, 0.25) is 29.5 Å². The van der Waals surface area contributed by atoms with Crippen molar-refractivity contribution in [2.75, 3.05) is 31.4 Å². The zero-order valence-corrected chi connectivity index (χ0v) is 21.9. The van der Waals surface area contributed by atoms with Gasteiger partial charge in [-0.1, -0.05) is 0 Å². The Labute approximate surface area is 217 Å². The van der Waals surface area contributed by atoms with Gasteiger partial charge in [-0.2, -0.15) is 11.8 Å². The summed E-state index contributed by atoms with van der Waals surface area (Å²) < 4.78 is 0. The fourth-order valence-corrected chi connectivity index (χ4v) is 5.02. The smallest absolute Gasteiger partial charge is 0.318 e. The normalized spacial score (nSPS) is 28.9. The lowest BCUT2D eigenvalue weighted by molar-refractivity contribution is -0.138. The second-order valence-corrected chi connectivity index (χ2v) is 10.2. The summed E-state index contributed by atoms with van der Waals surface area (Å²) >= 11 is 2.33. The standard InChI is InChI=1S/C20H34N6O8S2/c1-9-16(29)25-11(6-14(21)28)17(30)24-10(4-5-35-3)15(20(33)34)36-8-13(22-2)19(32)26-12(7-27)18(31)23-9/h9-13,15,22,27H,4-8H2,1-3H3,(H2,21,28)(H,23,31)(H,24,30)(H,25,29)(H,26,32)(H,33,34)/t9-,10+,11-,12?,13?,15?/m0/s1.